The second-order valence-electron chi connectivity index (χ2n) is 3.97. The highest BCUT2D eigenvalue weighted by Gasteiger charge is 2.20. The summed E-state index contributed by atoms with van der Waals surface area (Å²) in [6.07, 6.45) is 1.41. The van der Waals surface area contributed by atoms with E-state index in [1.54, 1.807) is 6.07 Å². The summed E-state index contributed by atoms with van der Waals surface area (Å²) < 4.78 is 10.6. The first kappa shape index (κ1) is 11.1. The zero-order chi connectivity index (χ0) is 12.7. The van der Waals surface area contributed by atoms with Gasteiger partial charge in [-0.3, -0.25) is 4.79 Å². The van der Waals surface area contributed by atoms with Crippen LogP contribution in [0.1, 0.15) is 12.5 Å². The number of carbonyl (C=O) groups is 1. The van der Waals surface area contributed by atoms with Gasteiger partial charge in [-0.2, -0.15) is 0 Å². The number of esters is 1. The lowest BCUT2D eigenvalue weighted by molar-refractivity contribution is -0.134. The number of halogens is 1. The minimum atomic E-state index is -0.382. The topological polar surface area (TPSA) is 35.5 Å². The molecule has 0 aliphatic carbocycles. The Morgan fingerprint density at radius 2 is 2.11 bits per heavy atom. The summed E-state index contributed by atoms with van der Waals surface area (Å²) >= 11 is 6.10. The van der Waals surface area contributed by atoms with Gasteiger partial charge in [-0.1, -0.05) is 35.9 Å². The molecule has 0 unspecified atom stereocenters. The van der Waals surface area contributed by atoms with E-state index >= 15 is 0 Å². The summed E-state index contributed by atoms with van der Waals surface area (Å²) in [6.45, 7) is 1.36. The van der Waals surface area contributed by atoms with Crippen LogP contribution in [0.2, 0.25) is 5.02 Å². The predicted octanol–water partition coefficient (Wildman–Crippen LogP) is 3.75. The summed E-state index contributed by atoms with van der Waals surface area (Å²) in [7, 11) is 0. The normalized spacial score (nSPS) is 12.9. The largest absolute Gasteiger partial charge is 0.459 e. The summed E-state index contributed by atoms with van der Waals surface area (Å²) in [5.74, 6) is 0.621. The molecule has 3 nitrogen and oxygen atoms in total. The number of rotatable bonds is 1. The predicted molar refractivity (Wildman–Crippen MR) is 69.3 cm³/mol. The monoisotopic (exact) mass is 260 g/mol. The molecule has 0 amide bonds. The van der Waals surface area contributed by atoms with E-state index < -0.39 is 0 Å². The molecule has 1 heterocycles. The SMILES string of the molecule is CC(=O)OC1=COc2c(Cl)ccc3cccc1c23. The number of benzene rings is 2. The average molecular weight is 261 g/mol. The smallest absolute Gasteiger partial charge is 0.308 e. The Morgan fingerprint density at radius 1 is 1.28 bits per heavy atom. The highest BCUT2D eigenvalue weighted by molar-refractivity contribution is 6.33. The molecule has 0 atom stereocenters. The Bertz CT molecular complexity index is 689. The lowest BCUT2D eigenvalue weighted by atomic mass is 10.0. The van der Waals surface area contributed by atoms with E-state index in [0.29, 0.717) is 16.5 Å². The van der Waals surface area contributed by atoms with Crippen LogP contribution < -0.4 is 4.74 Å². The van der Waals surface area contributed by atoms with Crippen LogP contribution in [0, 0.1) is 0 Å². The van der Waals surface area contributed by atoms with Crippen molar-refractivity contribution in [3.63, 3.8) is 0 Å². The van der Waals surface area contributed by atoms with Gasteiger partial charge in [0.1, 0.15) is 6.26 Å². The fraction of sp³-hybridized carbons (Fsp3) is 0.0714. The molecule has 4 heteroatoms. The maximum atomic E-state index is 11.1. The van der Waals surface area contributed by atoms with Gasteiger partial charge >= 0.3 is 5.97 Å². The van der Waals surface area contributed by atoms with E-state index in [0.717, 1.165) is 16.3 Å². The molecular weight excluding hydrogens is 252 g/mol. The molecule has 90 valence electrons. The molecule has 2 aromatic carbocycles. The third-order valence-corrected chi connectivity index (χ3v) is 3.05. The molecule has 0 N–H and O–H groups in total. The summed E-state index contributed by atoms with van der Waals surface area (Å²) in [6, 6.07) is 9.43. The quantitative estimate of drug-likeness (QED) is 0.733. The fourth-order valence-corrected chi connectivity index (χ4v) is 2.25. The summed E-state index contributed by atoms with van der Waals surface area (Å²) in [4.78, 5) is 11.1. The highest BCUT2D eigenvalue weighted by Crippen LogP contribution is 2.41. The Labute approximate surface area is 109 Å². The maximum absolute atomic E-state index is 11.1. The van der Waals surface area contributed by atoms with Crippen LogP contribution >= 0.6 is 11.6 Å². The molecule has 0 radical (unpaired) electrons. The van der Waals surface area contributed by atoms with E-state index in [2.05, 4.69) is 0 Å². The van der Waals surface area contributed by atoms with Crippen molar-refractivity contribution >= 4 is 34.1 Å². The number of ether oxygens (including phenoxy) is 2. The lowest BCUT2D eigenvalue weighted by Gasteiger charge is -2.18. The minimum absolute atomic E-state index is 0.382. The van der Waals surface area contributed by atoms with E-state index in [1.165, 1.54) is 13.2 Å². The van der Waals surface area contributed by atoms with Gasteiger partial charge in [-0.05, 0) is 11.5 Å². The van der Waals surface area contributed by atoms with Crippen molar-refractivity contribution in [1.82, 2.24) is 0 Å². The van der Waals surface area contributed by atoms with Crippen LogP contribution in [0.3, 0.4) is 0 Å². The van der Waals surface area contributed by atoms with E-state index in [9.17, 15) is 4.79 Å². The van der Waals surface area contributed by atoms with Gasteiger partial charge in [-0.25, -0.2) is 0 Å². The molecule has 0 saturated carbocycles. The Hall–Kier alpha value is -2.00. The van der Waals surface area contributed by atoms with Crippen LogP contribution in [0.15, 0.2) is 36.6 Å². The summed E-state index contributed by atoms with van der Waals surface area (Å²) in [5.41, 5.74) is 0.812. The van der Waals surface area contributed by atoms with E-state index in [1.807, 2.05) is 24.3 Å². The van der Waals surface area contributed by atoms with Crippen LogP contribution in [-0.2, 0) is 9.53 Å². The van der Waals surface area contributed by atoms with E-state index in [-0.39, 0.29) is 5.97 Å². The standard InChI is InChI=1S/C14H9ClO3/c1-8(16)18-12-7-17-14-11(15)6-5-9-3-2-4-10(12)13(9)14/h2-7H,1H3. The van der Waals surface area contributed by atoms with Crippen LogP contribution in [0.4, 0.5) is 0 Å². The zero-order valence-electron chi connectivity index (χ0n) is 9.57. The number of hydrogen-bond acceptors (Lipinski definition) is 3. The maximum Gasteiger partial charge on any atom is 0.308 e. The van der Waals surface area contributed by atoms with Crippen molar-refractivity contribution in [3.8, 4) is 5.75 Å². The van der Waals surface area contributed by atoms with Crippen molar-refractivity contribution in [2.45, 2.75) is 6.92 Å². The van der Waals surface area contributed by atoms with Gasteiger partial charge in [0.25, 0.3) is 0 Å². The molecule has 3 rings (SSSR count). The van der Waals surface area contributed by atoms with Crippen molar-refractivity contribution in [2.75, 3.05) is 0 Å². The molecule has 0 saturated heterocycles. The van der Waals surface area contributed by atoms with Gasteiger partial charge in [0.05, 0.1) is 5.02 Å². The molecule has 0 spiro atoms. The molecule has 0 bridgehead atoms. The van der Waals surface area contributed by atoms with E-state index in [4.69, 9.17) is 21.1 Å². The third-order valence-electron chi connectivity index (χ3n) is 2.75. The van der Waals surface area contributed by atoms with Crippen molar-refractivity contribution in [2.24, 2.45) is 0 Å². The first-order valence-electron chi connectivity index (χ1n) is 5.43. The third kappa shape index (κ3) is 1.64. The molecule has 0 fully saturated rings. The fourth-order valence-electron chi connectivity index (χ4n) is 2.05. The van der Waals surface area contributed by atoms with Crippen molar-refractivity contribution in [3.05, 3.63) is 47.2 Å². The summed E-state index contributed by atoms with van der Waals surface area (Å²) in [5, 5.41) is 2.39. The molecule has 1 aliphatic heterocycles. The van der Waals surface area contributed by atoms with Gasteiger partial charge in [0.15, 0.2) is 11.5 Å². The zero-order valence-corrected chi connectivity index (χ0v) is 10.3. The Morgan fingerprint density at radius 3 is 2.89 bits per heavy atom. The molecule has 18 heavy (non-hydrogen) atoms. The van der Waals surface area contributed by atoms with Gasteiger partial charge < -0.3 is 9.47 Å². The number of carbonyl (C=O) groups excluding carboxylic acids is 1. The second-order valence-corrected chi connectivity index (χ2v) is 4.38. The molecule has 1 aliphatic rings. The second kappa shape index (κ2) is 4.03. The van der Waals surface area contributed by atoms with Gasteiger partial charge in [-0.15, -0.1) is 0 Å². The Kier molecular flexibility index (Phi) is 2.49. The highest BCUT2D eigenvalue weighted by atomic mass is 35.5. The number of hydrogen-bond donors (Lipinski definition) is 0. The first-order chi connectivity index (χ1) is 8.66. The van der Waals surface area contributed by atoms with Gasteiger partial charge in [0.2, 0.25) is 0 Å². The van der Waals surface area contributed by atoms with Crippen LogP contribution in [0.5, 0.6) is 5.75 Å². The van der Waals surface area contributed by atoms with Crippen molar-refractivity contribution < 1.29 is 14.3 Å². The molecule has 2 aromatic rings. The van der Waals surface area contributed by atoms with Crippen molar-refractivity contribution in [1.29, 1.82) is 0 Å². The molecular formula is C14H9ClO3. The molecule has 0 aromatic heterocycles. The minimum Gasteiger partial charge on any atom is -0.459 e. The van der Waals surface area contributed by atoms with Crippen LogP contribution in [-0.4, -0.2) is 5.97 Å². The lowest BCUT2D eigenvalue weighted by Crippen LogP contribution is -2.05. The van der Waals surface area contributed by atoms with Crippen LogP contribution in [0.25, 0.3) is 16.5 Å². The average Bonchev–Trinajstić information content (AvgIpc) is 2.35. The van der Waals surface area contributed by atoms with Gasteiger partial charge in [0, 0.05) is 17.9 Å². The first-order valence-corrected chi connectivity index (χ1v) is 5.81. The Balaban J connectivity index is 2.28.